The summed E-state index contributed by atoms with van der Waals surface area (Å²) in [4.78, 5) is 10.7. The lowest BCUT2D eigenvalue weighted by Crippen LogP contribution is -2.02. The summed E-state index contributed by atoms with van der Waals surface area (Å²) in [5.74, 6) is -0.370. The molecule has 0 aliphatic carbocycles. The van der Waals surface area contributed by atoms with Crippen LogP contribution in [0.5, 0.6) is 5.75 Å². The molecule has 80 valence electrons. The molecular formula is C11H11IO3. The van der Waals surface area contributed by atoms with Crippen molar-refractivity contribution in [2.24, 2.45) is 0 Å². The molecule has 0 saturated carbocycles. The van der Waals surface area contributed by atoms with Gasteiger partial charge < -0.3 is 9.84 Å². The van der Waals surface area contributed by atoms with E-state index in [2.05, 4.69) is 29.2 Å². The molecular weight excluding hydrogens is 307 g/mol. The van der Waals surface area contributed by atoms with Gasteiger partial charge >= 0.3 is 5.97 Å². The van der Waals surface area contributed by atoms with Crippen molar-refractivity contribution in [2.45, 2.75) is 6.92 Å². The largest absolute Gasteiger partial charge is 0.488 e. The average Bonchev–Trinajstić information content (AvgIpc) is 2.16. The van der Waals surface area contributed by atoms with Gasteiger partial charge in [0.25, 0.3) is 0 Å². The van der Waals surface area contributed by atoms with Gasteiger partial charge in [-0.15, -0.1) is 0 Å². The van der Waals surface area contributed by atoms with Gasteiger partial charge in [0.1, 0.15) is 12.4 Å². The monoisotopic (exact) mass is 318 g/mol. The van der Waals surface area contributed by atoms with Gasteiger partial charge in [0, 0.05) is 0 Å². The van der Waals surface area contributed by atoms with Crippen LogP contribution in [0.4, 0.5) is 0 Å². The van der Waals surface area contributed by atoms with Crippen LogP contribution in [0.1, 0.15) is 17.3 Å². The summed E-state index contributed by atoms with van der Waals surface area (Å²) in [6.45, 7) is 5.97. The van der Waals surface area contributed by atoms with Crippen LogP contribution >= 0.6 is 22.6 Å². The molecule has 0 aliphatic rings. The second-order valence-electron chi connectivity index (χ2n) is 3.20. The molecule has 0 radical (unpaired) electrons. The summed E-state index contributed by atoms with van der Waals surface area (Å²) >= 11 is 2.10. The fourth-order valence-corrected chi connectivity index (χ4v) is 1.44. The maximum absolute atomic E-state index is 10.7. The highest BCUT2D eigenvalue weighted by atomic mass is 127. The van der Waals surface area contributed by atoms with Crippen LogP contribution in [-0.2, 0) is 0 Å². The van der Waals surface area contributed by atoms with E-state index in [4.69, 9.17) is 9.84 Å². The molecule has 0 aliphatic heterocycles. The van der Waals surface area contributed by atoms with Crippen molar-refractivity contribution in [1.82, 2.24) is 0 Å². The van der Waals surface area contributed by atoms with Crippen molar-refractivity contribution in [3.8, 4) is 5.75 Å². The van der Waals surface area contributed by atoms with Crippen LogP contribution in [0.3, 0.4) is 0 Å². The molecule has 4 heteroatoms. The standard InChI is InChI=1S/C11H11IO3/c1-7(2)6-15-10-5-8(11(13)14)3-4-9(10)12/h3-5H,1,6H2,2H3,(H,13,14). The molecule has 0 aromatic heterocycles. The maximum atomic E-state index is 10.7. The molecule has 3 nitrogen and oxygen atoms in total. The molecule has 0 bridgehead atoms. The van der Waals surface area contributed by atoms with Crippen molar-refractivity contribution in [3.05, 3.63) is 39.5 Å². The molecule has 1 aromatic rings. The van der Waals surface area contributed by atoms with Gasteiger partial charge in [-0.2, -0.15) is 0 Å². The Morgan fingerprint density at radius 3 is 2.80 bits per heavy atom. The van der Waals surface area contributed by atoms with E-state index in [1.165, 1.54) is 6.07 Å². The Bertz CT molecular complexity index is 399. The van der Waals surface area contributed by atoms with Crippen LogP contribution in [0.15, 0.2) is 30.4 Å². The Balaban J connectivity index is 2.90. The third kappa shape index (κ3) is 3.54. The number of aromatic carboxylic acids is 1. The predicted octanol–water partition coefficient (Wildman–Crippen LogP) is 2.94. The van der Waals surface area contributed by atoms with Crippen molar-refractivity contribution in [2.75, 3.05) is 6.61 Å². The van der Waals surface area contributed by atoms with Gasteiger partial charge in [-0.25, -0.2) is 4.79 Å². The Hall–Kier alpha value is -1.04. The van der Waals surface area contributed by atoms with Crippen LogP contribution in [-0.4, -0.2) is 17.7 Å². The molecule has 0 fully saturated rings. The molecule has 1 N–H and O–H groups in total. The number of rotatable bonds is 4. The second-order valence-corrected chi connectivity index (χ2v) is 4.36. The Morgan fingerprint density at radius 2 is 2.27 bits per heavy atom. The Labute approximate surface area is 102 Å². The molecule has 0 spiro atoms. The van der Waals surface area contributed by atoms with Crippen molar-refractivity contribution in [1.29, 1.82) is 0 Å². The number of hydrogen-bond donors (Lipinski definition) is 1. The molecule has 0 atom stereocenters. The number of hydrogen-bond acceptors (Lipinski definition) is 2. The number of ether oxygens (including phenoxy) is 1. The molecule has 0 unspecified atom stereocenters. The summed E-state index contributed by atoms with van der Waals surface area (Å²) in [5.41, 5.74) is 1.12. The minimum Gasteiger partial charge on any atom is -0.488 e. The topological polar surface area (TPSA) is 46.5 Å². The summed E-state index contributed by atoms with van der Waals surface area (Å²) < 4.78 is 6.31. The lowest BCUT2D eigenvalue weighted by Gasteiger charge is -2.08. The zero-order chi connectivity index (χ0) is 11.4. The quantitative estimate of drug-likeness (QED) is 0.686. The highest BCUT2D eigenvalue weighted by Gasteiger charge is 2.07. The third-order valence-electron chi connectivity index (χ3n) is 1.65. The first kappa shape index (κ1) is 12.0. The first-order chi connectivity index (χ1) is 7.00. The van der Waals surface area contributed by atoms with E-state index in [0.717, 1.165) is 9.14 Å². The maximum Gasteiger partial charge on any atom is 0.335 e. The highest BCUT2D eigenvalue weighted by Crippen LogP contribution is 2.22. The third-order valence-corrected chi connectivity index (χ3v) is 2.54. The molecule has 15 heavy (non-hydrogen) atoms. The molecule has 1 rings (SSSR count). The lowest BCUT2D eigenvalue weighted by atomic mass is 10.2. The van der Waals surface area contributed by atoms with Crippen LogP contribution < -0.4 is 4.74 Å². The first-order valence-corrected chi connectivity index (χ1v) is 5.38. The summed E-state index contributed by atoms with van der Waals surface area (Å²) in [6, 6.07) is 4.79. The first-order valence-electron chi connectivity index (χ1n) is 4.30. The second kappa shape index (κ2) is 5.16. The minimum atomic E-state index is -0.952. The van der Waals surface area contributed by atoms with Crippen LogP contribution in [0.2, 0.25) is 0 Å². The summed E-state index contributed by atoms with van der Waals surface area (Å²) in [6.07, 6.45) is 0. The van der Waals surface area contributed by atoms with E-state index in [1.54, 1.807) is 12.1 Å². The highest BCUT2D eigenvalue weighted by molar-refractivity contribution is 14.1. The van der Waals surface area contributed by atoms with Gasteiger partial charge in [0.15, 0.2) is 0 Å². The Kier molecular flexibility index (Phi) is 4.14. The van der Waals surface area contributed by atoms with Crippen LogP contribution in [0, 0.1) is 3.57 Å². The fraction of sp³-hybridized carbons (Fsp3) is 0.182. The van der Waals surface area contributed by atoms with Gasteiger partial charge in [0.05, 0.1) is 9.13 Å². The fourth-order valence-electron chi connectivity index (χ4n) is 0.948. The van der Waals surface area contributed by atoms with E-state index in [-0.39, 0.29) is 5.56 Å². The van der Waals surface area contributed by atoms with Gasteiger partial charge in [0.2, 0.25) is 0 Å². The zero-order valence-corrected chi connectivity index (χ0v) is 10.4. The van der Waals surface area contributed by atoms with E-state index in [9.17, 15) is 4.79 Å². The molecule has 0 saturated heterocycles. The number of halogens is 1. The summed E-state index contributed by atoms with van der Waals surface area (Å²) in [5, 5.41) is 8.80. The molecule has 1 aromatic carbocycles. The molecule has 0 amide bonds. The zero-order valence-electron chi connectivity index (χ0n) is 8.29. The van der Waals surface area contributed by atoms with E-state index >= 15 is 0 Å². The number of carboxylic acids is 1. The van der Waals surface area contributed by atoms with E-state index in [0.29, 0.717) is 12.4 Å². The molecule has 0 heterocycles. The van der Waals surface area contributed by atoms with E-state index < -0.39 is 5.97 Å². The Morgan fingerprint density at radius 1 is 1.60 bits per heavy atom. The SMILES string of the molecule is C=C(C)COc1cc(C(=O)O)ccc1I. The average molecular weight is 318 g/mol. The number of carboxylic acid groups (broad SMARTS) is 1. The van der Waals surface area contributed by atoms with Gasteiger partial charge in [-0.3, -0.25) is 0 Å². The van der Waals surface area contributed by atoms with E-state index in [1.807, 2.05) is 6.92 Å². The van der Waals surface area contributed by atoms with Crippen molar-refractivity contribution < 1.29 is 14.6 Å². The van der Waals surface area contributed by atoms with Crippen LogP contribution in [0.25, 0.3) is 0 Å². The van der Waals surface area contributed by atoms with Gasteiger partial charge in [-0.05, 0) is 53.3 Å². The van der Waals surface area contributed by atoms with Gasteiger partial charge in [-0.1, -0.05) is 6.58 Å². The smallest absolute Gasteiger partial charge is 0.335 e. The van der Waals surface area contributed by atoms with Crippen molar-refractivity contribution >= 4 is 28.6 Å². The van der Waals surface area contributed by atoms with Crippen molar-refractivity contribution in [3.63, 3.8) is 0 Å². The summed E-state index contributed by atoms with van der Waals surface area (Å²) in [7, 11) is 0. The lowest BCUT2D eigenvalue weighted by molar-refractivity contribution is 0.0696. The minimum absolute atomic E-state index is 0.229. The number of carbonyl (C=O) groups is 1. The predicted molar refractivity (Wildman–Crippen MR) is 66.4 cm³/mol. The number of benzene rings is 1. The normalized spacial score (nSPS) is 9.73.